The molecule has 0 saturated carbocycles. The first-order valence-electron chi connectivity index (χ1n) is 5.77. The van der Waals surface area contributed by atoms with Crippen LogP contribution in [0.4, 0.5) is 0 Å². The molecule has 90 valence electrons. The van der Waals surface area contributed by atoms with E-state index in [1.807, 2.05) is 11.8 Å². The van der Waals surface area contributed by atoms with Gasteiger partial charge in [0.15, 0.2) is 0 Å². The molecule has 0 aliphatic heterocycles. The summed E-state index contributed by atoms with van der Waals surface area (Å²) in [4.78, 5) is 3.54. The fourth-order valence-corrected chi connectivity index (χ4v) is 2.71. The summed E-state index contributed by atoms with van der Waals surface area (Å²) in [5.41, 5.74) is 7.39. The van der Waals surface area contributed by atoms with Crippen molar-refractivity contribution in [1.29, 1.82) is 0 Å². The Balaban J connectivity index is 2.64. The highest BCUT2D eigenvalue weighted by Gasteiger charge is 2.08. The van der Waals surface area contributed by atoms with E-state index in [2.05, 4.69) is 50.2 Å². The van der Waals surface area contributed by atoms with Crippen LogP contribution in [0.1, 0.15) is 24.9 Å². The minimum Gasteiger partial charge on any atom is -0.324 e. The molecule has 0 radical (unpaired) electrons. The Kier molecular flexibility index (Phi) is 5.88. The quantitative estimate of drug-likeness (QED) is 0.773. The van der Waals surface area contributed by atoms with E-state index < -0.39 is 0 Å². The standard InChI is InChI=1S/C13H22N2S/c1-4-12(14)11-7-5-6-8-13(11)16-10-9-15(2)3/h5-8,12H,4,9-10,14H2,1-3H3/t12-/m1/s1. The predicted octanol–water partition coefficient (Wildman–Crippen LogP) is 2.75. The molecule has 1 aromatic carbocycles. The Labute approximate surface area is 103 Å². The van der Waals surface area contributed by atoms with Crippen LogP contribution in [0.2, 0.25) is 0 Å². The monoisotopic (exact) mass is 238 g/mol. The summed E-state index contributed by atoms with van der Waals surface area (Å²) in [6.45, 7) is 3.23. The Bertz CT molecular complexity index is 313. The van der Waals surface area contributed by atoms with Crippen molar-refractivity contribution in [3.63, 3.8) is 0 Å². The maximum atomic E-state index is 6.10. The molecule has 1 atom stereocenters. The molecule has 0 aromatic heterocycles. The zero-order valence-corrected chi connectivity index (χ0v) is 11.3. The van der Waals surface area contributed by atoms with Crippen molar-refractivity contribution >= 4 is 11.8 Å². The summed E-state index contributed by atoms with van der Waals surface area (Å²) < 4.78 is 0. The molecule has 0 aliphatic carbocycles. The maximum absolute atomic E-state index is 6.10. The van der Waals surface area contributed by atoms with Gasteiger partial charge in [-0.1, -0.05) is 25.1 Å². The van der Waals surface area contributed by atoms with Crippen LogP contribution in [0.5, 0.6) is 0 Å². The van der Waals surface area contributed by atoms with Gasteiger partial charge in [-0.25, -0.2) is 0 Å². The van der Waals surface area contributed by atoms with E-state index in [0.717, 1.165) is 18.7 Å². The fourth-order valence-electron chi connectivity index (χ4n) is 1.48. The number of nitrogens with zero attached hydrogens (tertiary/aromatic N) is 1. The number of rotatable bonds is 6. The third-order valence-corrected chi connectivity index (χ3v) is 3.62. The molecule has 0 unspecified atom stereocenters. The Morgan fingerprint density at radius 2 is 2.00 bits per heavy atom. The van der Waals surface area contributed by atoms with Gasteiger partial charge < -0.3 is 10.6 Å². The van der Waals surface area contributed by atoms with Crippen LogP contribution in [0, 0.1) is 0 Å². The average molecular weight is 238 g/mol. The zero-order chi connectivity index (χ0) is 12.0. The molecule has 0 saturated heterocycles. The Hall–Kier alpha value is -0.510. The smallest absolute Gasteiger partial charge is 0.0303 e. The van der Waals surface area contributed by atoms with Crippen molar-refractivity contribution in [2.45, 2.75) is 24.3 Å². The molecule has 2 N–H and O–H groups in total. The van der Waals surface area contributed by atoms with E-state index in [1.165, 1.54) is 10.5 Å². The minimum absolute atomic E-state index is 0.169. The summed E-state index contributed by atoms with van der Waals surface area (Å²) in [5.74, 6) is 1.11. The molecule has 0 spiro atoms. The lowest BCUT2D eigenvalue weighted by molar-refractivity contribution is 0.437. The summed E-state index contributed by atoms with van der Waals surface area (Å²) in [6.07, 6.45) is 0.991. The molecule has 1 aromatic rings. The van der Waals surface area contributed by atoms with Crippen LogP contribution in [0.3, 0.4) is 0 Å². The van der Waals surface area contributed by atoms with Crippen LogP contribution in [-0.4, -0.2) is 31.3 Å². The Morgan fingerprint density at radius 3 is 2.62 bits per heavy atom. The summed E-state index contributed by atoms with van der Waals surface area (Å²) in [7, 11) is 4.20. The van der Waals surface area contributed by atoms with Gasteiger partial charge in [0, 0.05) is 23.2 Å². The van der Waals surface area contributed by atoms with Crippen molar-refractivity contribution in [3.05, 3.63) is 29.8 Å². The first kappa shape index (κ1) is 13.6. The van der Waals surface area contributed by atoms with Gasteiger partial charge in [-0.3, -0.25) is 0 Å². The molecular weight excluding hydrogens is 216 g/mol. The molecule has 2 nitrogen and oxygen atoms in total. The van der Waals surface area contributed by atoms with E-state index in [1.54, 1.807) is 0 Å². The molecule has 1 rings (SSSR count). The highest BCUT2D eigenvalue weighted by Crippen LogP contribution is 2.27. The van der Waals surface area contributed by atoms with E-state index in [4.69, 9.17) is 5.73 Å². The zero-order valence-electron chi connectivity index (χ0n) is 10.4. The van der Waals surface area contributed by atoms with Gasteiger partial charge >= 0.3 is 0 Å². The molecule has 0 fully saturated rings. The number of hydrogen-bond acceptors (Lipinski definition) is 3. The van der Waals surface area contributed by atoms with Gasteiger partial charge in [0.2, 0.25) is 0 Å². The minimum atomic E-state index is 0.169. The molecule has 3 heteroatoms. The average Bonchev–Trinajstić information content (AvgIpc) is 2.28. The highest BCUT2D eigenvalue weighted by atomic mass is 32.2. The van der Waals surface area contributed by atoms with Gasteiger partial charge in [-0.05, 0) is 32.1 Å². The van der Waals surface area contributed by atoms with Crippen LogP contribution in [0.15, 0.2) is 29.2 Å². The van der Waals surface area contributed by atoms with Crippen molar-refractivity contribution in [2.75, 3.05) is 26.4 Å². The van der Waals surface area contributed by atoms with E-state index in [9.17, 15) is 0 Å². The molecule has 0 bridgehead atoms. The first-order chi connectivity index (χ1) is 7.65. The van der Waals surface area contributed by atoms with Crippen LogP contribution < -0.4 is 5.73 Å². The van der Waals surface area contributed by atoms with E-state index in [0.29, 0.717) is 0 Å². The predicted molar refractivity (Wildman–Crippen MR) is 72.9 cm³/mol. The second-order valence-corrected chi connectivity index (χ2v) is 5.34. The molecule has 0 heterocycles. The van der Waals surface area contributed by atoms with Crippen LogP contribution in [-0.2, 0) is 0 Å². The first-order valence-corrected chi connectivity index (χ1v) is 6.75. The topological polar surface area (TPSA) is 29.3 Å². The van der Waals surface area contributed by atoms with Crippen LogP contribution >= 0.6 is 11.8 Å². The SMILES string of the molecule is CC[C@@H](N)c1ccccc1SCCN(C)C. The fraction of sp³-hybridized carbons (Fsp3) is 0.538. The van der Waals surface area contributed by atoms with Gasteiger partial charge in [-0.2, -0.15) is 0 Å². The van der Waals surface area contributed by atoms with Gasteiger partial charge in [0.1, 0.15) is 0 Å². The lowest BCUT2D eigenvalue weighted by Crippen LogP contribution is -2.15. The van der Waals surface area contributed by atoms with Crippen LogP contribution in [0.25, 0.3) is 0 Å². The third-order valence-electron chi connectivity index (χ3n) is 2.55. The van der Waals surface area contributed by atoms with Crippen molar-refractivity contribution in [3.8, 4) is 0 Å². The third kappa shape index (κ3) is 4.16. The van der Waals surface area contributed by atoms with E-state index in [-0.39, 0.29) is 6.04 Å². The second kappa shape index (κ2) is 6.94. The maximum Gasteiger partial charge on any atom is 0.0303 e. The number of hydrogen-bond donors (Lipinski definition) is 1. The number of nitrogens with two attached hydrogens (primary N) is 1. The lowest BCUT2D eigenvalue weighted by Gasteiger charge is -2.15. The lowest BCUT2D eigenvalue weighted by atomic mass is 10.1. The normalized spacial score (nSPS) is 13.1. The van der Waals surface area contributed by atoms with E-state index >= 15 is 0 Å². The second-order valence-electron chi connectivity index (χ2n) is 4.20. The number of benzene rings is 1. The van der Waals surface area contributed by atoms with Gasteiger partial charge in [0.25, 0.3) is 0 Å². The molecular formula is C13H22N2S. The molecule has 0 aliphatic rings. The molecule has 16 heavy (non-hydrogen) atoms. The largest absolute Gasteiger partial charge is 0.324 e. The number of thioether (sulfide) groups is 1. The summed E-state index contributed by atoms with van der Waals surface area (Å²) in [6, 6.07) is 8.64. The summed E-state index contributed by atoms with van der Waals surface area (Å²) in [5, 5.41) is 0. The van der Waals surface area contributed by atoms with Gasteiger partial charge in [-0.15, -0.1) is 11.8 Å². The van der Waals surface area contributed by atoms with Crippen molar-refractivity contribution < 1.29 is 0 Å². The summed E-state index contributed by atoms with van der Waals surface area (Å²) >= 11 is 1.90. The van der Waals surface area contributed by atoms with Crippen molar-refractivity contribution in [2.24, 2.45) is 5.73 Å². The van der Waals surface area contributed by atoms with Gasteiger partial charge in [0.05, 0.1) is 0 Å². The highest BCUT2D eigenvalue weighted by molar-refractivity contribution is 7.99. The van der Waals surface area contributed by atoms with Crippen molar-refractivity contribution in [1.82, 2.24) is 4.90 Å². The Morgan fingerprint density at radius 1 is 1.31 bits per heavy atom. The molecule has 0 amide bonds.